The lowest BCUT2D eigenvalue weighted by atomic mass is 10.2. The van der Waals surface area contributed by atoms with Crippen LogP contribution in [0, 0.1) is 0 Å². The van der Waals surface area contributed by atoms with Gasteiger partial charge in [-0.1, -0.05) is 0 Å². The van der Waals surface area contributed by atoms with Crippen molar-refractivity contribution in [1.29, 1.82) is 0 Å². The summed E-state index contributed by atoms with van der Waals surface area (Å²) < 4.78 is 17.7. The van der Waals surface area contributed by atoms with Crippen molar-refractivity contribution in [3.63, 3.8) is 0 Å². The lowest BCUT2D eigenvalue weighted by molar-refractivity contribution is -0.138. The van der Waals surface area contributed by atoms with Crippen molar-refractivity contribution in [3.8, 4) is 17.2 Å². The Bertz CT molecular complexity index is 796. The Morgan fingerprint density at radius 1 is 1.12 bits per heavy atom. The maximum absolute atomic E-state index is 12.4. The van der Waals surface area contributed by atoms with Gasteiger partial charge in [-0.3, -0.25) is 9.59 Å². The minimum Gasteiger partial charge on any atom is -0.493 e. The quantitative estimate of drug-likeness (QED) is 0.827. The van der Waals surface area contributed by atoms with Crippen LogP contribution in [0.2, 0.25) is 0 Å². The molecule has 1 amide bonds. The molecule has 0 radical (unpaired) electrons. The topological polar surface area (TPSA) is 99.0 Å². The number of carboxylic acid groups (broad SMARTS) is 1. The van der Waals surface area contributed by atoms with E-state index in [1.165, 1.54) is 28.3 Å². The summed E-state index contributed by atoms with van der Waals surface area (Å²) in [6.45, 7) is 1.40. The molecule has 1 atom stereocenters. The molecule has 8 heteroatoms. The third-order valence-electron chi connectivity index (χ3n) is 3.77. The summed E-state index contributed by atoms with van der Waals surface area (Å²) in [6.07, 6.45) is 0. The fraction of sp³-hybridized carbons (Fsp3) is 0.375. The number of benzene rings is 1. The zero-order chi connectivity index (χ0) is 18.0. The minimum absolute atomic E-state index is 0.298. The second-order valence-electron chi connectivity index (χ2n) is 5.21. The number of nitrogens with zero attached hydrogens (tertiary/aromatic N) is 1. The van der Waals surface area contributed by atoms with E-state index in [1.807, 2.05) is 0 Å². The smallest absolute Gasteiger partial charge is 0.325 e. The van der Waals surface area contributed by atoms with Crippen LogP contribution in [0.1, 0.15) is 17.4 Å². The normalized spacial score (nSPS) is 11.9. The standard InChI is InChI=1S/C16H20N2O6/c1-8(16(20)21)17-15(19)10-6-9-7-11(22-3)13(23-4)14(24-5)12(9)18(10)2/h6-8H,1-5H3,(H,17,19)(H,20,21)/t8-/m1/s1. The van der Waals surface area contributed by atoms with E-state index >= 15 is 0 Å². The highest BCUT2D eigenvalue weighted by Gasteiger charge is 2.23. The van der Waals surface area contributed by atoms with Gasteiger partial charge in [0.15, 0.2) is 11.5 Å². The van der Waals surface area contributed by atoms with Gasteiger partial charge in [0.2, 0.25) is 5.75 Å². The molecule has 0 saturated carbocycles. The first-order valence-corrected chi connectivity index (χ1v) is 7.17. The molecule has 2 aromatic rings. The number of amides is 1. The number of carbonyl (C=O) groups is 2. The molecule has 0 aliphatic rings. The molecule has 1 aromatic carbocycles. The lowest BCUT2D eigenvalue weighted by Crippen LogP contribution is -2.39. The van der Waals surface area contributed by atoms with Gasteiger partial charge in [-0.25, -0.2) is 0 Å². The number of carbonyl (C=O) groups excluding carboxylic acids is 1. The number of nitrogens with one attached hydrogen (secondary N) is 1. The minimum atomic E-state index is -1.11. The summed E-state index contributed by atoms with van der Waals surface area (Å²) in [5.74, 6) is -0.288. The van der Waals surface area contributed by atoms with E-state index in [0.717, 1.165) is 0 Å². The molecule has 1 aromatic heterocycles. The number of hydrogen-bond acceptors (Lipinski definition) is 5. The van der Waals surface area contributed by atoms with Crippen molar-refractivity contribution in [2.45, 2.75) is 13.0 Å². The Hall–Kier alpha value is -2.90. The van der Waals surface area contributed by atoms with Crippen LogP contribution in [-0.2, 0) is 11.8 Å². The number of rotatable bonds is 6. The van der Waals surface area contributed by atoms with Crippen LogP contribution in [0.3, 0.4) is 0 Å². The molecule has 2 N–H and O–H groups in total. The van der Waals surface area contributed by atoms with Crippen LogP contribution >= 0.6 is 0 Å². The van der Waals surface area contributed by atoms with Gasteiger partial charge in [0.1, 0.15) is 11.7 Å². The average molecular weight is 336 g/mol. The van der Waals surface area contributed by atoms with Crippen LogP contribution in [0.15, 0.2) is 12.1 Å². The molecule has 0 saturated heterocycles. The first-order chi connectivity index (χ1) is 11.3. The Kier molecular flexibility index (Phi) is 4.87. The van der Waals surface area contributed by atoms with Crippen LogP contribution in [0.4, 0.5) is 0 Å². The van der Waals surface area contributed by atoms with Crippen molar-refractivity contribution in [1.82, 2.24) is 9.88 Å². The van der Waals surface area contributed by atoms with Crippen LogP contribution in [0.5, 0.6) is 17.2 Å². The number of fused-ring (bicyclic) bond motifs is 1. The van der Waals surface area contributed by atoms with Crippen molar-refractivity contribution >= 4 is 22.8 Å². The monoisotopic (exact) mass is 336 g/mol. The van der Waals surface area contributed by atoms with Gasteiger partial charge in [0, 0.05) is 12.4 Å². The highest BCUT2D eigenvalue weighted by Crippen LogP contribution is 2.44. The van der Waals surface area contributed by atoms with Gasteiger partial charge in [-0.05, 0) is 19.1 Å². The number of aliphatic carboxylic acids is 1. The molecule has 0 bridgehead atoms. The number of aromatic nitrogens is 1. The molecule has 130 valence electrons. The molecule has 0 unspecified atom stereocenters. The van der Waals surface area contributed by atoms with E-state index in [1.54, 1.807) is 23.7 Å². The lowest BCUT2D eigenvalue weighted by Gasteiger charge is -2.14. The van der Waals surface area contributed by atoms with Gasteiger partial charge in [-0.2, -0.15) is 0 Å². The van der Waals surface area contributed by atoms with E-state index in [9.17, 15) is 9.59 Å². The molecule has 0 aliphatic heterocycles. The third-order valence-corrected chi connectivity index (χ3v) is 3.77. The molecule has 24 heavy (non-hydrogen) atoms. The molecule has 0 aliphatic carbocycles. The Labute approximate surface area is 138 Å². The number of ether oxygens (including phenoxy) is 3. The number of aryl methyl sites for hydroxylation is 1. The fourth-order valence-electron chi connectivity index (χ4n) is 2.53. The summed E-state index contributed by atoms with van der Waals surface area (Å²) >= 11 is 0. The summed E-state index contributed by atoms with van der Waals surface area (Å²) in [5.41, 5.74) is 0.940. The van der Waals surface area contributed by atoms with Crippen molar-refractivity contribution in [2.75, 3.05) is 21.3 Å². The second kappa shape index (κ2) is 6.69. The summed E-state index contributed by atoms with van der Waals surface area (Å²) in [7, 11) is 6.19. The van der Waals surface area contributed by atoms with Crippen LogP contribution < -0.4 is 19.5 Å². The van der Waals surface area contributed by atoms with Gasteiger partial charge < -0.3 is 29.2 Å². The zero-order valence-corrected chi connectivity index (χ0v) is 14.2. The summed E-state index contributed by atoms with van der Waals surface area (Å²) in [6, 6.07) is 2.37. The highest BCUT2D eigenvalue weighted by atomic mass is 16.5. The Balaban J connectivity index is 2.61. The Morgan fingerprint density at radius 3 is 2.25 bits per heavy atom. The summed E-state index contributed by atoms with van der Waals surface area (Å²) in [4.78, 5) is 23.3. The van der Waals surface area contributed by atoms with Gasteiger partial charge in [0.05, 0.1) is 26.8 Å². The van der Waals surface area contributed by atoms with Gasteiger partial charge >= 0.3 is 5.97 Å². The first-order valence-electron chi connectivity index (χ1n) is 7.17. The molecular formula is C16H20N2O6. The fourth-order valence-corrected chi connectivity index (χ4v) is 2.53. The average Bonchev–Trinajstić information content (AvgIpc) is 2.89. The zero-order valence-electron chi connectivity index (χ0n) is 14.2. The Morgan fingerprint density at radius 2 is 1.75 bits per heavy atom. The first kappa shape index (κ1) is 17.5. The van der Waals surface area contributed by atoms with Crippen LogP contribution in [-0.4, -0.2) is 48.9 Å². The second-order valence-corrected chi connectivity index (χ2v) is 5.21. The van der Waals surface area contributed by atoms with Crippen molar-refractivity contribution in [3.05, 3.63) is 17.8 Å². The van der Waals surface area contributed by atoms with Crippen molar-refractivity contribution in [2.24, 2.45) is 7.05 Å². The molecular weight excluding hydrogens is 316 g/mol. The molecule has 0 fully saturated rings. The third kappa shape index (κ3) is 2.82. The molecule has 0 spiro atoms. The molecule has 1 heterocycles. The molecule has 2 rings (SSSR count). The van der Waals surface area contributed by atoms with Gasteiger partial charge in [-0.15, -0.1) is 0 Å². The SMILES string of the molecule is COc1cc2cc(C(=O)N[C@H](C)C(=O)O)n(C)c2c(OC)c1OC. The van der Waals surface area contributed by atoms with Gasteiger partial charge in [0.25, 0.3) is 5.91 Å². The molecule has 8 nitrogen and oxygen atoms in total. The number of hydrogen-bond donors (Lipinski definition) is 2. The maximum Gasteiger partial charge on any atom is 0.325 e. The largest absolute Gasteiger partial charge is 0.493 e. The predicted octanol–water partition coefficient (Wildman–Crippen LogP) is 1.41. The van der Waals surface area contributed by atoms with Crippen molar-refractivity contribution < 1.29 is 28.9 Å². The van der Waals surface area contributed by atoms with E-state index < -0.39 is 17.9 Å². The number of methoxy groups -OCH3 is 3. The van der Waals surface area contributed by atoms with E-state index in [-0.39, 0.29) is 0 Å². The van der Waals surface area contributed by atoms with E-state index in [0.29, 0.717) is 33.8 Å². The predicted molar refractivity (Wildman–Crippen MR) is 87.1 cm³/mol. The summed E-state index contributed by atoms with van der Waals surface area (Å²) in [5, 5.41) is 12.1. The maximum atomic E-state index is 12.4. The number of carboxylic acids is 1. The van der Waals surface area contributed by atoms with E-state index in [2.05, 4.69) is 5.32 Å². The van der Waals surface area contributed by atoms with E-state index in [4.69, 9.17) is 19.3 Å². The van der Waals surface area contributed by atoms with Crippen LogP contribution in [0.25, 0.3) is 10.9 Å². The highest BCUT2D eigenvalue weighted by molar-refractivity contribution is 6.02.